The molecule has 2 saturated carbocycles. The van der Waals surface area contributed by atoms with Crippen LogP contribution in [-0.4, -0.2) is 46.8 Å². The number of allylic oxidation sites excluding steroid dienone is 4. The smallest absolute Gasteiger partial charge is 0.352 e. The average Bonchev–Trinajstić information content (AvgIpc) is 3.31. The molecule has 45 heavy (non-hydrogen) atoms. The number of halogens is 2. The molecule has 0 saturated heterocycles. The van der Waals surface area contributed by atoms with Crippen molar-refractivity contribution in [3.05, 3.63) is 94.8 Å². The number of rotatable bonds is 6. The summed E-state index contributed by atoms with van der Waals surface area (Å²) in [7, 11) is 0. The van der Waals surface area contributed by atoms with E-state index in [2.05, 4.69) is 0 Å². The first-order valence-corrected chi connectivity index (χ1v) is 15.3. The molecule has 0 unspecified atom stereocenters. The molecule has 7 atom stereocenters. The summed E-state index contributed by atoms with van der Waals surface area (Å²) in [5, 5.41) is 20.8. The molecule has 9 heteroatoms. The average molecular weight is 616 g/mol. The van der Waals surface area contributed by atoms with Crippen molar-refractivity contribution in [2.24, 2.45) is 22.7 Å². The van der Waals surface area contributed by atoms with Gasteiger partial charge in [-0.3, -0.25) is 4.79 Å². The lowest BCUT2D eigenvalue weighted by atomic mass is 9.45. The lowest BCUT2D eigenvalue weighted by molar-refractivity contribution is -0.222. The van der Waals surface area contributed by atoms with Crippen molar-refractivity contribution in [3.63, 3.8) is 0 Å². The number of fused-ring (bicyclic) bond motifs is 5. The summed E-state index contributed by atoms with van der Waals surface area (Å²) in [6.07, 6.45) is 0.777. The van der Waals surface area contributed by atoms with Gasteiger partial charge >= 0.3 is 11.9 Å². The van der Waals surface area contributed by atoms with E-state index in [1.165, 1.54) is 19.1 Å². The van der Waals surface area contributed by atoms with Gasteiger partial charge in [0, 0.05) is 29.6 Å². The largest absolute Gasteiger partial charge is 0.447 e. The molecule has 7 nitrogen and oxygen atoms in total. The number of carbonyl (C=O) groups excluding carboxylic acids is 3. The maximum Gasteiger partial charge on any atom is 0.352 e. The Labute approximate surface area is 260 Å². The Bertz CT molecular complexity index is 1650. The fourth-order valence-corrected chi connectivity index (χ4v) is 8.73. The van der Waals surface area contributed by atoms with E-state index in [0.717, 1.165) is 11.1 Å². The zero-order valence-electron chi connectivity index (χ0n) is 25.2. The van der Waals surface area contributed by atoms with Gasteiger partial charge in [-0.25, -0.2) is 18.4 Å². The van der Waals surface area contributed by atoms with Gasteiger partial charge in [0.25, 0.3) is 0 Å². The summed E-state index contributed by atoms with van der Waals surface area (Å²) in [5.41, 5.74) is -4.95. The second kappa shape index (κ2) is 11.0. The molecule has 0 radical (unpaired) electrons. The van der Waals surface area contributed by atoms with Crippen LogP contribution in [0.25, 0.3) is 0 Å². The van der Waals surface area contributed by atoms with Crippen molar-refractivity contribution in [3.8, 4) is 6.07 Å². The van der Waals surface area contributed by atoms with Crippen LogP contribution in [0.4, 0.5) is 8.78 Å². The number of hydrogen-bond donors (Lipinski definition) is 1. The van der Waals surface area contributed by atoms with E-state index in [4.69, 9.17) is 14.7 Å². The minimum Gasteiger partial charge on any atom is -0.447 e. The first-order valence-electron chi connectivity index (χ1n) is 15.3. The highest BCUT2D eigenvalue weighted by molar-refractivity contribution is 5.94. The van der Waals surface area contributed by atoms with Gasteiger partial charge in [-0.1, -0.05) is 55.5 Å². The molecule has 0 aliphatic heterocycles. The Morgan fingerprint density at radius 2 is 1.76 bits per heavy atom. The zero-order chi connectivity index (χ0) is 32.2. The summed E-state index contributed by atoms with van der Waals surface area (Å²) in [5.74, 6) is -4.47. The third-order valence-electron chi connectivity index (χ3n) is 11.1. The van der Waals surface area contributed by atoms with Gasteiger partial charge in [-0.2, -0.15) is 5.26 Å². The molecule has 0 spiro atoms. The van der Waals surface area contributed by atoms with Crippen LogP contribution in [-0.2, 0) is 25.5 Å². The van der Waals surface area contributed by atoms with E-state index < -0.39 is 64.4 Å². The van der Waals surface area contributed by atoms with Gasteiger partial charge in [0.05, 0.1) is 11.7 Å². The second-order valence-corrected chi connectivity index (χ2v) is 13.2. The molecule has 2 fully saturated rings. The summed E-state index contributed by atoms with van der Waals surface area (Å²) in [6.45, 7) is 2.56. The zero-order valence-corrected chi connectivity index (χ0v) is 25.2. The number of nitriles is 1. The quantitative estimate of drug-likeness (QED) is 0.402. The molecule has 0 heterocycles. The van der Waals surface area contributed by atoms with Crippen molar-refractivity contribution in [2.75, 3.05) is 6.61 Å². The van der Waals surface area contributed by atoms with Crippen molar-refractivity contribution in [1.29, 1.82) is 5.26 Å². The number of aliphatic hydroxyl groups is 1. The van der Waals surface area contributed by atoms with Crippen LogP contribution in [0.15, 0.2) is 78.1 Å². The first kappa shape index (κ1) is 30.8. The van der Waals surface area contributed by atoms with E-state index in [9.17, 15) is 19.5 Å². The minimum atomic E-state index is -2.34. The highest BCUT2D eigenvalue weighted by Crippen LogP contribution is 2.70. The van der Waals surface area contributed by atoms with Crippen LogP contribution in [0.5, 0.6) is 0 Å². The van der Waals surface area contributed by atoms with Crippen LogP contribution >= 0.6 is 0 Å². The lowest BCUT2D eigenvalue weighted by Crippen LogP contribution is -2.69. The molecular weight excluding hydrogens is 580 g/mol. The van der Waals surface area contributed by atoms with Crippen LogP contribution in [0.3, 0.4) is 0 Å². The topological polar surface area (TPSA) is 114 Å². The minimum absolute atomic E-state index is 0.0382. The molecule has 1 N–H and O–H groups in total. The summed E-state index contributed by atoms with van der Waals surface area (Å²) in [4.78, 5) is 39.6. The highest BCUT2D eigenvalue weighted by Gasteiger charge is 2.76. The molecule has 0 bridgehead atoms. The number of carbonyl (C=O) groups is 3. The van der Waals surface area contributed by atoms with Crippen molar-refractivity contribution >= 4 is 17.7 Å². The number of hydrogen-bond acceptors (Lipinski definition) is 7. The number of nitrogens with zero attached hydrogens (tertiary/aromatic N) is 1. The van der Waals surface area contributed by atoms with Crippen molar-refractivity contribution in [1.82, 2.24) is 0 Å². The molecule has 4 aliphatic rings. The summed E-state index contributed by atoms with van der Waals surface area (Å²) < 4.78 is 44.6. The van der Waals surface area contributed by atoms with Gasteiger partial charge in [-0.15, -0.1) is 0 Å². The maximum atomic E-state index is 17.5. The fraction of sp³-hybridized carbons (Fsp3) is 0.444. The van der Waals surface area contributed by atoms with Crippen LogP contribution in [0.1, 0.15) is 67.4 Å². The molecule has 0 amide bonds. The summed E-state index contributed by atoms with van der Waals surface area (Å²) in [6, 6.07) is 18.4. The number of ketones is 1. The van der Waals surface area contributed by atoms with Crippen LogP contribution in [0.2, 0.25) is 0 Å². The van der Waals surface area contributed by atoms with E-state index >= 15 is 8.78 Å². The van der Waals surface area contributed by atoms with Crippen LogP contribution < -0.4 is 0 Å². The molecule has 6 rings (SSSR count). The standard InChI is InChI=1S/C36H35F2NO6/c1-33-14-12-25(40)19-28(33)29(37)20-27-26-13-15-35(32(43)44-17-16-39,34(26,2)21-30(41)36(27,33)38)45-31(42)24-10-8-23(9-11-24)18-22-6-4-3-5-7-22/h3-12,14,26-27,30,41H,13,15,17-21H2,1-2H3/t26-,27-,30-,33-,34-,35-,36-/m0/s1. The number of benzene rings is 2. The number of alkyl halides is 1. The molecule has 2 aromatic carbocycles. The van der Waals surface area contributed by atoms with Gasteiger partial charge in [-0.05, 0) is 73.4 Å². The van der Waals surface area contributed by atoms with E-state index in [0.29, 0.717) is 6.42 Å². The SMILES string of the molecule is C[C@]12C=CC(=O)CC1=C(F)C[C@H]1[C@@H]3CC[C@](OC(=O)c4ccc(Cc5ccccc5)cc4)(C(=O)OCC#N)[C@@]3(C)C[C@H](O)[C@@]12F. The normalized spacial score (nSPS) is 35.1. The Balaban J connectivity index is 1.34. The number of ether oxygens (including phenoxy) is 2. The van der Waals surface area contributed by atoms with Crippen molar-refractivity contribution < 1.29 is 37.7 Å². The predicted molar refractivity (Wildman–Crippen MR) is 159 cm³/mol. The Hall–Kier alpha value is -4.16. The third-order valence-corrected chi connectivity index (χ3v) is 11.1. The first-order chi connectivity index (χ1) is 21.4. The van der Waals surface area contributed by atoms with E-state index in [-0.39, 0.29) is 49.0 Å². The van der Waals surface area contributed by atoms with Gasteiger partial charge < -0.3 is 14.6 Å². The summed E-state index contributed by atoms with van der Waals surface area (Å²) >= 11 is 0. The Morgan fingerprint density at radius 3 is 2.44 bits per heavy atom. The molecule has 234 valence electrons. The van der Waals surface area contributed by atoms with E-state index in [1.807, 2.05) is 30.3 Å². The molecule has 2 aromatic rings. The fourth-order valence-electron chi connectivity index (χ4n) is 8.73. The van der Waals surface area contributed by atoms with Gasteiger partial charge in [0.1, 0.15) is 11.9 Å². The Kier molecular flexibility index (Phi) is 7.56. The number of esters is 2. The van der Waals surface area contributed by atoms with Crippen LogP contribution in [0, 0.1) is 34.0 Å². The Morgan fingerprint density at radius 1 is 1.07 bits per heavy atom. The maximum absolute atomic E-state index is 17.5. The highest BCUT2D eigenvalue weighted by atomic mass is 19.1. The van der Waals surface area contributed by atoms with Gasteiger partial charge in [0.2, 0.25) is 5.60 Å². The molecule has 0 aromatic heterocycles. The molecular formula is C36H35F2NO6. The second-order valence-electron chi connectivity index (χ2n) is 13.2. The number of aliphatic hydroxyl groups excluding tert-OH is 1. The molecule has 4 aliphatic carbocycles. The van der Waals surface area contributed by atoms with Gasteiger partial charge in [0.15, 0.2) is 18.1 Å². The van der Waals surface area contributed by atoms with E-state index in [1.54, 1.807) is 37.3 Å². The van der Waals surface area contributed by atoms with Crippen molar-refractivity contribution in [2.45, 2.75) is 69.7 Å². The monoisotopic (exact) mass is 615 g/mol. The predicted octanol–water partition coefficient (Wildman–Crippen LogP) is 5.91. The lowest BCUT2D eigenvalue weighted by Gasteiger charge is -2.62. The third kappa shape index (κ3) is 4.56.